The fraction of sp³-hybridized carbons (Fsp3) is 0.200. The number of nitrogens with zero attached hydrogens (tertiary/aromatic N) is 1. The van der Waals surface area contributed by atoms with Crippen molar-refractivity contribution in [1.29, 1.82) is 0 Å². The molecule has 0 aliphatic heterocycles. The van der Waals surface area contributed by atoms with Crippen LogP contribution in [-0.2, 0) is 0 Å². The summed E-state index contributed by atoms with van der Waals surface area (Å²) in [4.78, 5) is 4.91. The number of thiocarbonyl (C=S) groups is 1. The van der Waals surface area contributed by atoms with Crippen molar-refractivity contribution in [3.63, 3.8) is 0 Å². The van der Waals surface area contributed by atoms with Gasteiger partial charge in [-0.05, 0) is 50.2 Å². The van der Waals surface area contributed by atoms with Gasteiger partial charge in [0.1, 0.15) is 10.7 Å². The highest BCUT2D eigenvalue weighted by molar-refractivity contribution is 7.80. The molecular weight excluding hydrogens is 256 g/mol. The van der Waals surface area contributed by atoms with Crippen molar-refractivity contribution in [2.24, 2.45) is 5.73 Å². The molecule has 0 amide bonds. The quantitative estimate of drug-likeness (QED) is 0.869. The monoisotopic (exact) mass is 272 g/mol. The minimum absolute atomic E-state index is 0.378. The van der Waals surface area contributed by atoms with E-state index in [-0.39, 0.29) is 0 Å². The first kappa shape index (κ1) is 13.5. The Morgan fingerprint density at radius 1 is 1.21 bits per heavy atom. The van der Waals surface area contributed by atoms with Crippen LogP contribution in [0.4, 0.5) is 0 Å². The van der Waals surface area contributed by atoms with E-state index in [0.717, 1.165) is 28.3 Å². The van der Waals surface area contributed by atoms with Crippen LogP contribution in [0.5, 0.6) is 5.75 Å². The van der Waals surface area contributed by atoms with Gasteiger partial charge in [-0.25, -0.2) is 0 Å². The van der Waals surface area contributed by atoms with Crippen LogP contribution in [0.25, 0.3) is 11.3 Å². The maximum atomic E-state index is 5.63. The lowest BCUT2D eigenvalue weighted by atomic mass is 10.1. The smallest absolute Gasteiger partial charge is 0.119 e. The number of benzene rings is 1. The Morgan fingerprint density at radius 3 is 2.42 bits per heavy atom. The molecule has 2 aromatic rings. The first-order valence-corrected chi connectivity index (χ1v) is 6.53. The van der Waals surface area contributed by atoms with E-state index in [1.54, 1.807) is 0 Å². The van der Waals surface area contributed by atoms with E-state index in [2.05, 4.69) is 4.98 Å². The van der Waals surface area contributed by atoms with Gasteiger partial charge in [0.05, 0.1) is 12.3 Å². The number of aromatic nitrogens is 1. The van der Waals surface area contributed by atoms with E-state index in [9.17, 15) is 0 Å². The summed E-state index contributed by atoms with van der Waals surface area (Å²) in [5.74, 6) is 0.864. The molecule has 0 spiro atoms. The van der Waals surface area contributed by atoms with Gasteiger partial charge in [-0.3, -0.25) is 4.98 Å². The largest absolute Gasteiger partial charge is 0.494 e. The number of rotatable bonds is 4. The third-order valence-electron chi connectivity index (χ3n) is 2.81. The third-order valence-corrected chi connectivity index (χ3v) is 3.03. The predicted molar refractivity (Wildman–Crippen MR) is 81.5 cm³/mol. The lowest BCUT2D eigenvalue weighted by Gasteiger charge is -2.08. The number of pyridine rings is 1. The number of hydrogen-bond donors (Lipinski definition) is 1. The Labute approximate surface area is 118 Å². The van der Waals surface area contributed by atoms with Crippen molar-refractivity contribution in [2.45, 2.75) is 13.8 Å². The third kappa shape index (κ3) is 3.09. The summed E-state index contributed by atoms with van der Waals surface area (Å²) < 4.78 is 5.42. The summed E-state index contributed by atoms with van der Waals surface area (Å²) in [6, 6.07) is 11.7. The maximum Gasteiger partial charge on any atom is 0.119 e. The summed E-state index contributed by atoms with van der Waals surface area (Å²) in [6.07, 6.45) is 0. The molecule has 0 unspecified atom stereocenters. The van der Waals surface area contributed by atoms with E-state index >= 15 is 0 Å². The molecule has 4 heteroatoms. The molecule has 0 saturated carbocycles. The number of aryl methyl sites for hydroxylation is 1. The average molecular weight is 272 g/mol. The summed E-state index contributed by atoms with van der Waals surface area (Å²) in [5, 5.41) is 0. The van der Waals surface area contributed by atoms with Crippen molar-refractivity contribution >= 4 is 17.2 Å². The Balaban J connectivity index is 2.31. The topological polar surface area (TPSA) is 48.1 Å². The van der Waals surface area contributed by atoms with Gasteiger partial charge in [-0.1, -0.05) is 12.2 Å². The number of nitrogens with two attached hydrogens (primary N) is 1. The van der Waals surface area contributed by atoms with Gasteiger partial charge in [0, 0.05) is 16.8 Å². The molecule has 0 aliphatic rings. The van der Waals surface area contributed by atoms with E-state index in [0.29, 0.717) is 11.6 Å². The van der Waals surface area contributed by atoms with E-state index in [1.807, 2.05) is 50.2 Å². The fourth-order valence-electron chi connectivity index (χ4n) is 1.87. The van der Waals surface area contributed by atoms with Gasteiger partial charge in [0.25, 0.3) is 0 Å². The average Bonchev–Trinajstić information content (AvgIpc) is 2.39. The van der Waals surface area contributed by atoms with Crippen LogP contribution in [0.2, 0.25) is 0 Å². The molecule has 0 saturated heterocycles. The predicted octanol–water partition coefficient (Wildman–Crippen LogP) is 3.09. The summed E-state index contributed by atoms with van der Waals surface area (Å²) >= 11 is 4.98. The van der Waals surface area contributed by atoms with Gasteiger partial charge in [0.15, 0.2) is 0 Å². The van der Waals surface area contributed by atoms with Gasteiger partial charge in [-0.2, -0.15) is 0 Å². The van der Waals surface area contributed by atoms with Crippen LogP contribution in [0.15, 0.2) is 36.4 Å². The maximum absolute atomic E-state index is 5.63. The molecule has 1 aromatic carbocycles. The zero-order valence-electron chi connectivity index (χ0n) is 11.0. The van der Waals surface area contributed by atoms with Crippen LogP contribution in [0, 0.1) is 6.92 Å². The van der Waals surface area contributed by atoms with Crippen LogP contribution in [-0.4, -0.2) is 16.6 Å². The normalized spacial score (nSPS) is 10.2. The standard InChI is InChI=1S/C15H16N2OS/c1-3-18-12-6-4-11(5-7-12)14-9-8-13(15(16)19)10(2)17-14/h4-9H,3H2,1-2H3,(H2,16,19). The molecule has 98 valence electrons. The molecule has 3 nitrogen and oxygen atoms in total. The second kappa shape index (κ2) is 5.80. The second-order valence-corrected chi connectivity index (χ2v) is 4.59. The zero-order valence-corrected chi connectivity index (χ0v) is 11.8. The van der Waals surface area contributed by atoms with Crippen molar-refractivity contribution in [3.05, 3.63) is 47.7 Å². The molecule has 1 heterocycles. The molecule has 0 fully saturated rings. The molecule has 2 rings (SSSR count). The number of hydrogen-bond acceptors (Lipinski definition) is 3. The first-order chi connectivity index (χ1) is 9.11. The van der Waals surface area contributed by atoms with Crippen LogP contribution >= 0.6 is 12.2 Å². The van der Waals surface area contributed by atoms with Gasteiger partial charge >= 0.3 is 0 Å². The van der Waals surface area contributed by atoms with E-state index in [4.69, 9.17) is 22.7 Å². The molecule has 2 N–H and O–H groups in total. The Hall–Kier alpha value is -1.94. The second-order valence-electron chi connectivity index (χ2n) is 4.15. The fourth-order valence-corrected chi connectivity index (χ4v) is 2.09. The Kier molecular flexibility index (Phi) is 4.12. The van der Waals surface area contributed by atoms with Crippen molar-refractivity contribution < 1.29 is 4.74 Å². The van der Waals surface area contributed by atoms with E-state index in [1.165, 1.54) is 0 Å². The van der Waals surface area contributed by atoms with Crippen molar-refractivity contribution in [2.75, 3.05) is 6.61 Å². The SMILES string of the molecule is CCOc1ccc(-c2ccc(C(N)=S)c(C)n2)cc1. The molecule has 1 aromatic heterocycles. The van der Waals surface area contributed by atoms with E-state index < -0.39 is 0 Å². The van der Waals surface area contributed by atoms with Crippen LogP contribution < -0.4 is 10.5 Å². The van der Waals surface area contributed by atoms with Crippen LogP contribution in [0.3, 0.4) is 0 Å². The molecular formula is C15H16N2OS. The van der Waals surface area contributed by atoms with Crippen LogP contribution in [0.1, 0.15) is 18.2 Å². The first-order valence-electron chi connectivity index (χ1n) is 6.12. The lowest BCUT2D eigenvalue weighted by Crippen LogP contribution is -2.12. The molecule has 0 radical (unpaired) electrons. The molecule has 0 aliphatic carbocycles. The highest BCUT2D eigenvalue weighted by atomic mass is 32.1. The van der Waals surface area contributed by atoms with Gasteiger partial charge in [0.2, 0.25) is 0 Å². The highest BCUT2D eigenvalue weighted by Gasteiger charge is 2.06. The molecule has 19 heavy (non-hydrogen) atoms. The minimum atomic E-state index is 0.378. The minimum Gasteiger partial charge on any atom is -0.494 e. The summed E-state index contributed by atoms with van der Waals surface area (Å²) in [6.45, 7) is 4.54. The zero-order chi connectivity index (χ0) is 13.8. The van der Waals surface area contributed by atoms with Gasteiger partial charge in [-0.15, -0.1) is 0 Å². The number of ether oxygens (including phenoxy) is 1. The summed E-state index contributed by atoms with van der Waals surface area (Å²) in [5.41, 5.74) is 9.25. The summed E-state index contributed by atoms with van der Waals surface area (Å²) in [7, 11) is 0. The highest BCUT2D eigenvalue weighted by Crippen LogP contribution is 2.22. The Morgan fingerprint density at radius 2 is 1.89 bits per heavy atom. The molecule has 0 atom stereocenters. The Bertz CT molecular complexity index is 594. The van der Waals surface area contributed by atoms with Gasteiger partial charge < -0.3 is 10.5 Å². The van der Waals surface area contributed by atoms with Crippen molar-refractivity contribution in [1.82, 2.24) is 4.98 Å². The lowest BCUT2D eigenvalue weighted by molar-refractivity contribution is 0.340. The van der Waals surface area contributed by atoms with Crippen molar-refractivity contribution in [3.8, 4) is 17.0 Å². The molecule has 0 bridgehead atoms.